The van der Waals surface area contributed by atoms with Crippen LogP contribution in [0.5, 0.6) is 5.75 Å². The number of aromatic nitrogens is 2. The lowest BCUT2D eigenvalue weighted by Gasteiger charge is -2.28. The summed E-state index contributed by atoms with van der Waals surface area (Å²) in [5, 5.41) is 13.8. The van der Waals surface area contributed by atoms with Crippen molar-refractivity contribution in [2.24, 2.45) is 5.73 Å². The first-order valence-electron chi connectivity index (χ1n) is 10.3. The van der Waals surface area contributed by atoms with E-state index in [1.807, 2.05) is 73.1 Å². The first-order valence-corrected chi connectivity index (χ1v) is 10.3. The fourth-order valence-electron chi connectivity index (χ4n) is 3.17. The van der Waals surface area contributed by atoms with Crippen molar-refractivity contribution in [3.63, 3.8) is 0 Å². The van der Waals surface area contributed by atoms with Crippen molar-refractivity contribution in [2.45, 2.75) is 38.3 Å². The summed E-state index contributed by atoms with van der Waals surface area (Å²) in [5.74, 6) is 0.436. The number of β-amino-alcohol motifs (C(OH)–C–C–N with tert-alkyl or cyclic N) is 1. The molecular weight excluding hydrogens is 463 g/mol. The first-order chi connectivity index (χ1) is 14.8. The van der Waals surface area contributed by atoms with E-state index in [0.717, 1.165) is 22.6 Å². The lowest BCUT2D eigenvalue weighted by Crippen LogP contribution is -2.48. The maximum atomic E-state index is 11.0. The molecule has 0 aliphatic carbocycles. The van der Waals surface area contributed by atoms with Crippen LogP contribution in [0.15, 0.2) is 67.3 Å². The molecule has 3 aromatic rings. The Morgan fingerprint density at radius 1 is 1.12 bits per heavy atom. The van der Waals surface area contributed by atoms with Gasteiger partial charge in [-0.3, -0.25) is 4.79 Å². The molecule has 0 fully saturated rings. The van der Waals surface area contributed by atoms with Crippen molar-refractivity contribution < 1.29 is 14.6 Å². The minimum Gasteiger partial charge on any atom is -0.492 e. The smallest absolute Gasteiger partial charge is 0.221 e. The topological polar surface area (TPSA) is 102 Å². The highest BCUT2D eigenvalue weighted by atomic mass is 35.5. The first kappa shape index (κ1) is 28.5. The van der Waals surface area contributed by atoms with E-state index in [4.69, 9.17) is 10.5 Å². The van der Waals surface area contributed by atoms with Gasteiger partial charge in [0.2, 0.25) is 5.91 Å². The number of imidazole rings is 1. The van der Waals surface area contributed by atoms with Crippen LogP contribution in [0.3, 0.4) is 0 Å². The number of halogens is 2. The minimum absolute atomic E-state index is 0. The summed E-state index contributed by atoms with van der Waals surface area (Å²) in [6.07, 6.45) is 5.61. The number of ether oxygens (including phenoxy) is 1. The minimum atomic E-state index is -0.532. The van der Waals surface area contributed by atoms with Gasteiger partial charge in [0, 0.05) is 30.2 Å². The molecule has 0 aliphatic rings. The molecule has 9 heteroatoms. The molecule has 1 amide bonds. The third kappa shape index (κ3) is 9.43. The number of nitrogens with one attached hydrogen (secondary N) is 1. The Bertz CT molecular complexity index is 962. The molecule has 1 atom stereocenters. The largest absolute Gasteiger partial charge is 0.492 e. The van der Waals surface area contributed by atoms with Crippen LogP contribution in [0.25, 0.3) is 5.69 Å². The third-order valence-corrected chi connectivity index (χ3v) is 4.93. The van der Waals surface area contributed by atoms with Gasteiger partial charge in [0.05, 0.1) is 18.9 Å². The summed E-state index contributed by atoms with van der Waals surface area (Å²) >= 11 is 0. The van der Waals surface area contributed by atoms with Gasteiger partial charge in [0.1, 0.15) is 12.4 Å². The monoisotopic (exact) mass is 494 g/mol. The van der Waals surface area contributed by atoms with Crippen LogP contribution < -0.4 is 15.8 Å². The zero-order valence-electron chi connectivity index (χ0n) is 18.8. The normalized spacial score (nSPS) is 11.7. The van der Waals surface area contributed by atoms with E-state index in [0.29, 0.717) is 19.6 Å². The van der Waals surface area contributed by atoms with Gasteiger partial charge in [0.15, 0.2) is 0 Å². The molecule has 1 heterocycles. The Hall–Kier alpha value is -2.58. The number of nitrogens with two attached hydrogens (primary N) is 1. The Kier molecular flexibility index (Phi) is 11.4. The Morgan fingerprint density at radius 2 is 1.76 bits per heavy atom. The molecule has 1 unspecified atom stereocenters. The molecule has 0 spiro atoms. The maximum Gasteiger partial charge on any atom is 0.221 e. The number of primary amides is 1. The zero-order chi connectivity index (χ0) is 22.3. The number of rotatable bonds is 11. The quantitative estimate of drug-likeness (QED) is 0.380. The van der Waals surface area contributed by atoms with Crippen LogP contribution in [-0.4, -0.2) is 45.4 Å². The number of aliphatic hydroxyl groups excluding tert-OH is 1. The van der Waals surface area contributed by atoms with Crippen LogP contribution >= 0.6 is 24.8 Å². The molecule has 0 aliphatic heterocycles. The second-order valence-electron chi connectivity index (χ2n) is 8.33. The number of hydrogen-bond acceptors (Lipinski definition) is 5. The van der Waals surface area contributed by atoms with Gasteiger partial charge in [-0.05, 0) is 55.7 Å². The zero-order valence-corrected chi connectivity index (χ0v) is 20.4. The molecule has 2 aromatic carbocycles. The van der Waals surface area contributed by atoms with Gasteiger partial charge < -0.3 is 25.5 Å². The average Bonchev–Trinajstić information content (AvgIpc) is 3.27. The number of benzene rings is 2. The van der Waals surface area contributed by atoms with Crippen molar-refractivity contribution in [1.29, 1.82) is 0 Å². The number of aliphatic hydroxyl groups is 1. The Labute approximate surface area is 207 Å². The van der Waals surface area contributed by atoms with Crippen LogP contribution in [-0.2, 0) is 17.6 Å². The molecule has 0 saturated carbocycles. The predicted molar refractivity (Wildman–Crippen MR) is 135 cm³/mol. The standard InChI is InChI=1S/C24H30N4O3.2ClH/c1-24(2,16-31-22-9-7-20(8-10-22)28-12-11-26-17-28)27-15-21(29)13-18-3-5-19(6-4-18)14-23(25)30;;/h3-12,17,21,27,29H,13-16H2,1-2H3,(H2,25,30);2*1H. The molecule has 33 heavy (non-hydrogen) atoms. The van der Waals surface area contributed by atoms with E-state index in [1.165, 1.54) is 0 Å². The molecular formula is C24H32Cl2N4O3. The molecule has 4 N–H and O–H groups in total. The lowest BCUT2D eigenvalue weighted by molar-refractivity contribution is -0.117. The summed E-state index contributed by atoms with van der Waals surface area (Å²) in [5.41, 5.74) is 7.81. The van der Waals surface area contributed by atoms with Crippen molar-refractivity contribution in [3.8, 4) is 11.4 Å². The van der Waals surface area contributed by atoms with Crippen molar-refractivity contribution in [3.05, 3.63) is 78.4 Å². The van der Waals surface area contributed by atoms with E-state index < -0.39 is 6.10 Å². The number of carbonyl (C=O) groups is 1. The fraction of sp³-hybridized carbons (Fsp3) is 0.333. The van der Waals surface area contributed by atoms with Gasteiger partial charge in [0.25, 0.3) is 0 Å². The maximum absolute atomic E-state index is 11.0. The number of nitrogens with zero attached hydrogens (tertiary/aromatic N) is 2. The second kappa shape index (κ2) is 13.2. The molecule has 0 radical (unpaired) electrons. The summed E-state index contributed by atoms with van der Waals surface area (Å²) in [7, 11) is 0. The number of hydrogen-bond donors (Lipinski definition) is 3. The van der Waals surface area contributed by atoms with E-state index in [9.17, 15) is 9.90 Å². The second-order valence-corrected chi connectivity index (χ2v) is 8.33. The van der Waals surface area contributed by atoms with E-state index in [1.54, 1.807) is 12.5 Å². The molecule has 3 rings (SSSR count). The van der Waals surface area contributed by atoms with Crippen molar-refractivity contribution in [1.82, 2.24) is 14.9 Å². The number of carbonyl (C=O) groups excluding carboxylic acids is 1. The molecule has 180 valence electrons. The van der Waals surface area contributed by atoms with Gasteiger partial charge in [-0.2, -0.15) is 0 Å². The highest BCUT2D eigenvalue weighted by Crippen LogP contribution is 2.17. The molecule has 0 bridgehead atoms. The summed E-state index contributed by atoms with van der Waals surface area (Å²) in [4.78, 5) is 15.0. The highest BCUT2D eigenvalue weighted by molar-refractivity contribution is 5.85. The van der Waals surface area contributed by atoms with Crippen LogP contribution in [0.4, 0.5) is 0 Å². The highest BCUT2D eigenvalue weighted by Gasteiger charge is 2.20. The van der Waals surface area contributed by atoms with Gasteiger partial charge in [-0.1, -0.05) is 24.3 Å². The fourth-order valence-corrected chi connectivity index (χ4v) is 3.17. The van der Waals surface area contributed by atoms with E-state index in [-0.39, 0.29) is 42.7 Å². The summed E-state index contributed by atoms with van der Waals surface area (Å²) in [6.45, 7) is 4.99. The molecule has 0 saturated heterocycles. The van der Waals surface area contributed by atoms with Gasteiger partial charge in [-0.25, -0.2) is 4.98 Å². The molecule has 7 nitrogen and oxygen atoms in total. The number of amides is 1. The Balaban J connectivity index is 0.00000272. The van der Waals surface area contributed by atoms with Gasteiger partial charge >= 0.3 is 0 Å². The molecule has 1 aromatic heterocycles. The van der Waals surface area contributed by atoms with Crippen LogP contribution in [0, 0.1) is 0 Å². The van der Waals surface area contributed by atoms with Crippen molar-refractivity contribution in [2.75, 3.05) is 13.2 Å². The third-order valence-electron chi connectivity index (χ3n) is 4.93. The SMILES string of the molecule is CC(C)(COc1ccc(-n2ccnc2)cc1)NCC(O)Cc1ccc(CC(N)=O)cc1.Cl.Cl. The Morgan fingerprint density at radius 3 is 2.33 bits per heavy atom. The van der Waals surface area contributed by atoms with E-state index >= 15 is 0 Å². The summed E-state index contributed by atoms with van der Waals surface area (Å²) < 4.78 is 7.86. The van der Waals surface area contributed by atoms with Gasteiger partial charge in [-0.15, -0.1) is 24.8 Å². The van der Waals surface area contributed by atoms with E-state index in [2.05, 4.69) is 10.3 Å². The van der Waals surface area contributed by atoms with Crippen LogP contribution in [0.1, 0.15) is 25.0 Å². The predicted octanol–water partition coefficient (Wildman–Crippen LogP) is 3.09. The average molecular weight is 495 g/mol. The lowest BCUT2D eigenvalue weighted by atomic mass is 10.0. The van der Waals surface area contributed by atoms with Crippen molar-refractivity contribution >= 4 is 30.7 Å². The summed E-state index contributed by atoms with van der Waals surface area (Å²) in [6, 6.07) is 15.4. The van der Waals surface area contributed by atoms with Crippen LogP contribution in [0.2, 0.25) is 0 Å².